The van der Waals surface area contributed by atoms with Crippen LogP contribution in [0.4, 0.5) is 0 Å². The average molecular weight is 160 g/mol. The largest absolute Gasteiger partial charge is 0.469 e. The number of methoxy groups -OCH3 is 1. The Morgan fingerprint density at radius 2 is 2.45 bits per heavy atom. The highest BCUT2D eigenvalue weighted by molar-refractivity contribution is 5.73. The van der Waals surface area contributed by atoms with E-state index >= 15 is 0 Å². The molecule has 0 spiro atoms. The first-order valence-electron chi connectivity index (χ1n) is 3.21. The Bertz CT molecular complexity index is 138. The average Bonchev–Trinajstić information content (AvgIpc) is 2.05. The molecular formula is C6H12N2O3. The van der Waals surface area contributed by atoms with Gasteiger partial charge in [-0.25, -0.2) is 0 Å². The lowest BCUT2D eigenvalue weighted by Gasteiger charge is -2.10. The molecule has 0 aliphatic heterocycles. The van der Waals surface area contributed by atoms with Crippen LogP contribution in [0.5, 0.6) is 0 Å². The smallest absolute Gasteiger partial charge is 0.311 e. The first kappa shape index (κ1) is 9.90. The Hall–Kier alpha value is -1.10. The molecule has 0 rings (SSSR count). The summed E-state index contributed by atoms with van der Waals surface area (Å²) in [6.07, 6.45) is 0.519. The molecule has 0 unspecified atom stereocenters. The topological polar surface area (TPSA) is 81.4 Å². The molecule has 0 aromatic heterocycles. The Morgan fingerprint density at radius 3 is 2.82 bits per heavy atom. The number of carbonyl (C=O) groups excluding carboxylic acids is 2. The highest BCUT2D eigenvalue weighted by Crippen LogP contribution is 1.93. The lowest BCUT2D eigenvalue weighted by Crippen LogP contribution is -2.34. The molecule has 0 radical (unpaired) electrons. The van der Waals surface area contributed by atoms with E-state index in [1.165, 1.54) is 7.11 Å². The van der Waals surface area contributed by atoms with Crippen molar-refractivity contribution in [2.24, 2.45) is 11.7 Å². The SMILES string of the molecule is COC(=O)[C@@H](CN)CNC=O. The number of esters is 1. The summed E-state index contributed by atoms with van der Waals surface area (Å²) in [6.45, 7) is 0.403. The summed E-state index contributed by atoms with van der Waals surface area (Å²) in [7, 11) is 1.28. The molecule has 0 aromatic carbocycles. The van der Waals surface area contributed by atoms with E-state index in [1.54, 1.807) is 0 Å². The summed E-state index contributed by atoms with van der Waals surface area (Å²) in [5, 5.41) is 2.35. The molecule has 0 fully saturated rings. The normalized spacial score (nSPS) is 11.8. The molecule has 1 atom stereocenters. The van der Waals surface area contributed by atoms with Crippen molar-refractivity contribution in [3.05, 3.63) is 0 Å². The van der Waals surface area contributed by atoms with Gasteiger partial charge < -0.3 is 15.8 Å². The molecular weight excluding hydrogens is 148 g/mol. The Morgan fingerprint density at radius 1 is 1.82 bits per heavy atom. The molecule has 5 nitrogen and oxygen atoms in total. The lowest BCUT2D eigenvalue weighted by molar-refractivity contribution is -0.144. The fourth-order valence-electron chi connectivity index (χ4n) is 0.620. The standard InChI is InChI=1S/C6H12N2O3/c1-11-6(10)5(2-7)3-8-4-9/h4-5H,2-3,7H2,1H3,(H,8,9)/t5-/m0/s1. The Labute approximate surface area is 64.9 Å². The number of hydrogen-bond donors (Lipinski definition) is 2. The molecule has 0 aromatic rings. The van der Waals surface area contributed by atoms with Gasteiger partial charge in [-0.3, -0.25) is 9.59 Å². The van der Waals surface area contributed by atoms with Crippen molar-refractivity contribution in [3.8, 4) is 0 Å². The van der Waals surface area contributed by atoms with Gasteiger partial charge in [-0.05, 0) is 0 Å². The second kappa shape index (κ2) is 5.67. The van der Waals surface area contributed by atoms with Crippen LogP contribution >= 0.6 is 0 Å². The summed E-state index contributed by atoms with van der Waals surface area (Å²) in [4.78, 5) is 20.6. The second-order valence-electron chi connectivity index (χ2n) is 1.98. The molecule has 0 saturated carbocycles. The van der Waals surface area contributed by atoms with Gasteiger partial charge in [0.05, 0.1) is 13.0 Å². The number of carbonyl (C=O) groups is 2. The number of nitrogens with one attached hydrogen (secondary N) is 1. The van der Waals surface area contributed by atoms with Gasteiger partial charge in [-0.15, -0.1) is 0 Å². The second-order valence-corrected chi connectivity index (χ2v) is 1.98. The van der Waals surface area contributed by atoms with Crippen LogP contribution in [0.15, 0.2) is 0 Å². The van der Waals surface area contributed by atoms with Crippen molar-refractivity contribution >= 4 is 12.4 Å². The van der Waals surface area contributed by atoms with E-state index in [-0.39, 0.29) is 13.1 Å². The maximum Gasteiger partial charge on any atom is 0.311 e. The zero-order valence-electron chi connectivity index (χ0n) is 6.37. The van der Waals surface area contributed by atoms with Crippen LogP contribution in [-0.2, 0) is 14.3 Å². The molecule has 5 heteroatoms. The van der Waals surface area contributed by atoms with E-state index in [9.17, 15) is 9.59 Å². The Kier molecular flexibility index (Phi) is 5.10. The third-order valence-corrected chi connectivity index (χ3v) is 1.27. The van der Waals surface area contributed by atoms with Gasteiger partial charge in [0.25, 0.3) is 0 Å². The number of amides is 1. The van der Waals surface area contributed by atoms with Gasteiger partial charge in [0, 0.05) is 13.1 Å². The zero-order chi connectivity index (χ0) is 8.69. The van der Waals surface area contributed by atoms with Crippen LogP contribution in [-0.4, -0.2) is 32.6 Å². The predicted octanol–water partition coefficient (Wildman–Crippen LogP) is -1.52. The van der Waals surface area contributed by atoms with Gasteiger partial charge in [0.2, 0.25) is 6.41 Å². The first-order chi connectivity index (χ1) is 5.26. The van der Waals surface area contributed by atoms with E-state index in [1.807, 2.05) is 0 Å². The molecule has 0 aliphatic carbocycles. The van der Waals surface area contributed by atoms with Gasteiger partial charge in [-0.2, -0.15) is 0 Å². The summed E-state index contributed by atoms with van der Waals surface area (Å²) in [5.74, 6) is -0.841. The van der Waals surface area contributed by atoms with Gasteiger partial charge in [0.15, 0.2) is 0 Å². The molecule has 0 aliphatic rings. The third kappa shape index (κ3) is 3.57. The van der Waals surface area contributed by atoms with E-state index < -0.39 is 11.9 Å². The van der Waals surface area contributed by atoms with Crippen molar-refractivity contribution in [2.75, 3.05) is 20.2 Å². The van der Waals surface area contributed by atoms with E-state index in [0.29, 0.717) is 6.41 Å². The third-order valence-electron chi connectivity index (χ3n) is 1.27. The lowest BCUT2D eigenvalue weighted by atomic mass is 10.1. The molecule has 0 saturated heterocycles. The number of ether oxygens (including phenoxy) is 1. The fourth-order valence-corrected chi connectivity index (χ4v) is 0.620. The van der Waals surface area contributed by atoms with E-state index in [4.69, 9.17) is 5.73 Å². The minimum atomic E-state index is -0.440. The quantitative estimate of drug-likeness (QED) is 0.378. The van der Waals surface area contributed by atoms with E-state index in [2.05, 4.69) is 10.1 Å². The number of rotatable bonds is 5. The van der Waals surface area contributed by atoms with Crippen LogP contribution in [0, 0.1) is 5.92 Å². The highest BCUT2D eigenvalue weighted by Gasteiger charge is 2.15. The minimum Gasteiger partial charge on any atom is -0.469 e. The van der Waals surface area contributed by atoms with Crippen LogP contribution in [0.1, 0.15) is 0 Å². The molecule has 1 amide bonds. The van der Waals surface area contributed by atoms with Crippen LogP contribution < -0.4 is 11.1 Å². The monoisotopic (exact) mass is 160 g/mol. The predicted molar refractivity (Wildman–Crippen MR) is 38.6 cm³/mol. The molecule has 11 heavy (non-hydrogen) atoms. The summed E-state index contributed by atoms with van der Waals surface area (Å²) >= 11 is 0. The molecule has 0 heterocycles. The van der Waals surface area contributed by atoms with Crippen molar-refractivity contribution in [3.63, 3.8) is 0 Å². The first-order valence-corrected chi connectivity index (χ1v) is 3.21. The van der Waals surface area contributed by atoms with Crippen LogP contribution in [0.3, 0.4) is 0 Å². The van der Waals surface area contributed by atoms with Crippen molar-refractivity contribution < 1.29 is 14.3 Å². The summed E-state index contributed by atoms with van der Waals surface area (Å²) in [5.41, 5.74) is 5.23. The molecule has 0 bridgehead atoms. The minimum absolute atomic E-state index is 0.174. The Balaban J connectivity index is 3.74. The molecule has 3 N–H and O–H groups in total. The van der Waals surface area contributed by atoms with Crippen LogP contribution in [0.2, 0.25) is 0 Å². The number of nitrogens with two attached hydrogens (primary N) is 1. The summed E-state index contributed by atoms with van der Waals surface area (Å²) in [6, 6.07) is 0. The summed E-state index contributed by atoms with van der Waals surface area (Å²) < 4.78 is 4.43. The molecule has 64 valence electrons. The van der Waals surface area contributed by atoms with Gasteiger partial charge in [0.1, 0.15) is 0 Å². The zero-order valence-corrected chi connectivity index (χ0v) is 6.37. The van der Waals surface area contributed by atoms with Crippen molar-refractivity contribution in [2.45, 2.75) is 0 Å². The van der Waals surface area contributed by atoms with Crippen molar-refractivity contribution in [1.29, 1.82) is 0 Å². The van der Waals surface area contributed by atoms with Crippen LogP contribution in [0.25, 0.3) is 0 Å². The maximum absolute atomic E-state index is 10.8. The highest BCUT2D eigenvalue weighted by atomic mass is 16.5. The maximum atomic E-state index is 10.8. The number of hydrogen-bond acceptors (Lipinski definition) is 4. The fraction of sp³-hybridized carbons (Fsp3) is 0.667. The van der Waals surface area contributed by atoms with E-state index in [0.717, 1.165) is 0 Å². The van der Waals surface area contributed by atoms with Gasteiger partial charge in [-0.1, -0.05) is 0 Å². The van der Waals surface area contributed by atoms with Gasteiger partial charge >= 0.3 is 5.97 Å². The van der Waals surface area contributed by atoms with Crippen molar-refractivity contribution in [1.82, 2.24) is 5.32 Å².